The number of methoxy groups -OCH3 is 1. The van der Waals surface area contributed by atoms with Gasteiger partial charge < -0.3 is 18.9 Å². The summed E-state index contributed by atoms with van der Waals surface area (Å²) in [5, 5.41) is 2.06. The molecule has 7 heteroatoms. The molecule has 1 atom stereocenters. The van der Waals surface area contributed by atoms with Gasteiger partial charge in [0.25, 0.3) is 5.91 Å². The lowest BCUT2D eigenvalue weighted by molar-refractivity contribution is 0.0716. The van der Waals surface area contributed by atoms with E-state index in [-0.39, 0.29) is 12.0 Å². The Morgan fingerprint density at radius 1 is 1.27 bits per heavy atom. The molecular weight excluding hydrogens is 434 g/mol. The lowest BCUT2D eigenvalue weighted by atomic mass is 9.95. The van der Waals surface area contributed by atoms with Crippen LogP contribution in [0.25, 0.3) is 21.8 Å². The topological polar surface area (TPSA) is 56.6 Å². The third-order valence-corrected chi connectivity index (χ3v) is 7.51. The molecule has 6 nitrogen and oxygen atoms in total. The molecule has 1 fully saturated rings. The highest BCUT2D eigenvalue weighted by Gasteiger charge is 2.35. The second kappa shape index (κ2) is 8.86. The van der Waals surface area contributed by atoms with Crippen molar-refractivity contribution >= 4 is 17.2 Å². The monoisotopic (exact) mass is 465 g/mol. The van der Waals surface area contributed by atoms with Gasteiger partial charge in [-0.1, -0.05) is 13.0 Å². The van der Waals surface area contributed by atoms with Gasteiger partial charge in [-0.2, -0.15) is 0 Å². The summed E-state index contributed by atoms with van der Waals surface area (Å²) in [7, 11) is 1.68. The molecule has 4 heterocycles. The fraction of sp³-hybridized carbons (Fsp3) is 0.462. The van der Waals surface area contributed by atoms with Crippen LogP contribution in [0.5, 0.6) is 11.5 Å². The van der Waals surface area contributed by atoms with Crippen LogP contribution in [0.3, 0.4) is 0 Å². The Morgan fingerprint density at radius 2 is 2.12 bits per heavy atom. The Labute approximate surface area is 199 Å². The van der Waals surface area contributed by atoms with Crippen molar-refractivity contribution in [3.8, 4) is 33.3 Å². The number of likely N-dealkylation sites (tertiary alicyclic amines) is 1. The van der Waals surface area contributed by atoms with Gasteiger partial charge in [0.1, 0.15) is 5.69 Å². The minimum absolute atomic E-state index is 0.0282. The van der Waals surface area contributed by atoms with Crippen LogP contribution in [0.4, 0.5) is 0 Å². The highest BCUT2D eigenvalue weighted by Crippen LogP contribution is 2.44. The van der Waals surface area contributed by atoms with E-state index < -0.39 is 0 Å². The maximum absolute atomic E-state index is 13.7. The number of rotatable bonds is 6. The van der Waals surface area contributed by atoms with E-state index in [9.17, 15) is 4.79 Å². The zero-order chi connectivity index (χ0) is 23.1. The molecule has 2 aliphatic heterocycles. The van der Waals surface area contributed by atoms with Crippen LogP contribution in [0.15, 0.2) is 29.6 Å². The fourth-order valence-electron chi connectivity index (χ4n) is 5.12. The number of hydrogen-bond acceptors (Lipinski definition) is 5. The van der Waals surface area contributed by atoms with Gasteiger partial charge in [-0.25, -0.2) is 4.98 Å². The molecule has 0 radical (unpaired) electrons. The van der Waals surface area contributed by atoms with Gasteiger partial charge in [-0.05, 0) is 68.7 Å². The first-order valence-electron chi connectivity index (χ1n) is 11.8. The first-order chi connectivity index (χ1) is 16.0. The number of aryl methyl sites for hydroxylation is 1. The van der Waals surface area contributed by atoms with Crippen LogP contribution in [0.1, 0.15) is 56.2 Å². The number of thiophene rings is 1. The molecule has 3 aromatic rings. The van der Waals surface area contributed by atoms with Crippen molar-refractivity contribution in [2.45, 2.75) is 65.1 Å². The van der Waals surface area contributed by atoms with E-state index in [0.29, 0.717) is 11.9 Å². The number of ether oxygens (including phenoxy) is 2. The van der Waals surface area contributed by atoms with Crippen molar-refractivity contribution in [3.05, 3.63) is 41.0 Å². The van der Waals surface area contributed by atoms with Crippen molar-refractivity contribution in [2.75, 3.05) is 13.7 Å². The third-order valence-electron chi connectivity index (χ3n) is 6.63. The van der Waals surface area contributed by atoms with E-state index >= 15 is 0 Å². The Morgan fingerprint density at radius 3 is 2.82 bits per heavy atom. The molecule has 0 saturated carbocycles. The molecule has 174 valence electrons. The quantitative estimate of drug-likeness (QED) is 0.472. The molecule has 2 aromatic heterocycles. The van der Waals surface area contributed by atoms with E-state index in [1.165, 1.54) is 5.56 Å². The number of benzene rings is 1. The molecule has 1 saturated heterocycles. The van der Waals surface area contributed by atoms with Crippen molar-refractivity contribution < 1.29 is 14.3 Å². The second-order valence-electron chi connectivity index (χ2n) is 9.04. The predicted molar refractivity (Wildman–Crippen MR) is 131 cm³/mol. The summed E-state index contributed by atoms with van der Waals surface area (Å²) < 4.78 is 13.9. The van der Waals surface area contributed by atoms with Gasteiger partial charge in [0, 0.05) is 24.7 Å². The standard InChI is InChI=1S/C26H31N3O3S/c1-5-18-8-6-11-28(18)26(30)25-27-23(22-9-7-13-33-22)24-19-15-21(32-16(2)3)20(31-4)14-17(19)10-12-29(24)25/h7,9,13-16,18H,5-6,8,10-12H2,1-4H3. The Bertz CT molecular complexity index is 1170. The summed E-state index contributed by atoms with van der Waals surface area (Å²) in [4.78, 5) is 21.8. The largest absolute Gasteiger partial charge is 0.493 e. The predicted octanol–water partition coefficient (Wildman–Crippen LogP) is 5.65. The van der Waals surface area contributed by atoms with Gasteiger partial charge in [0.05, 0.1) is 23.8 Å². The number of nitrogens with zero attached hydrogens (tertiary/aromatic N) is 3. The summed E-state index contributed by atoms with van der Waals surface area (Å²) in [6.45, 7) is 7.72. The molecular formula is C26H31N3O3S. The van der Waals surface area contributed by atoms with Gasteiger partial charge in [-0.15, -0.1) is 11.3 Å². The molecule has 0 N–H and O–H groups in total. The van der Waals surface area contributed by atoms with E-state index in [2.05, 4.69) is 35.1 Å². The van der Waals surface area contributed by atoms with Crippen LogP contribution in [0.2, 0.25) is 0 Å². The van der Waals surface area contributed by atoms with E-state index in [1.54, 1.807) is 18.4 Å². The SMILES string of the molecule is CCC1CCCN1C(=O)c1nc(-c2cccs2)c2n1CCc1cc(OC)c(OC(C)C)cc1-2. The Balaban J connectivity index is 1.68. The molecule has 5 rings (SSSR count). The zero-order valence-corrected chi connectivity index (χ0v) is 20.6. The lowest BCUT2D eigenvalue weighted by Crippen LogP contribution is -2.37. The number of carbonyl (C=O) groups excluding carboxylic acids is 1. The summed E-state index contributed by atoms with van der Waals surface area (Å²) in [6.07, 6.45) is 3.97. The first kappa shape index (κ1) is 22.0. The third kappa shape index (κ3) is 3.82. The van der Waals surface area contributed by atoms with Crippen molar-refractivity contribution in [2.24, 2.45) is 0 Å². The Kier molecular flexibility index (Phi) is 5.91. The maximum Gasteiger partial charge on any atom is 0.290 e. The molecule has 0 bridgehead atoms. The molecule has 2 aliphatic rings. The Hall–Kier alpha value is -2.80. The molecule has 1 aromatic carbocycles. The second-order valence-corrected chi connectivity index (χ2v) is 9.99. The lowest BCUT2D eigenvalue weighted by Gasteiger charge is -2.26. The van der Waals surface area contributed by atoms with Gasteiger partial charge in [0.2, 0.25) is 0 Å². The number of amides is 1. The summed E-state index contributed by atoms with van der Waals surface area (Å²) in [5.41, 5.74) is 4.15. The van der Waals surface area contributed by atoms with Crippen LogP contribution < -0.4 is 9.47 Å². The van der Waals surface area contributed by atoms with Crippen molar-refractivity contribution in [1.29, 1.82) is 0 Å². The van der Waals surface area contributed by atoms with Crippen molar-refractivity contribution in [1.82, 2.24) is 14.5 Å². The van der Waals surface area contributed by atoms with Crippen LogP contribution in [0, 0.1) is 0 Å². The zero-order valence-electron chi connectivity index (χ0n) is 19.8. The minimum atomic E-state index is 0.0282. The number of fused-ring (bicyclic) bond motifs is 3. The average molecular weight is 466 g/mol. The van der Waals surface area contributed by atoms with Crippen LogP contribution in [-0.4, -0.2) is 46.2 Å². The first-order valence-corrected chi connectivity index (χ1v) is 12.7. The molecule has 0 spiro atoms. The fourth-order valence-corrected chi connectivity index (χ4v) is 5.83. The normalized spacial score (nSPS) is 17.2. The van der Waals surface area contributed by atoms with Crippen LogP contribution in [-0.2, 0) is 13.0 Å². The summed E-state index contributed by atoms with van der Waals surface area (Å²) in [5.74, 6) is 2.07. The van der Waals surface area contributed by atoms with Gasteiger partial charge >= 0.3 is 0 Å². The minimum Gasteiger partial charge on any atom is -0.493 e. The highest BCUT2D eigenvalue weighted by molar-refractivity contribution is 7.13. The molecule has 0 aliphatic carbocycles. The van der Waals surface area contributed by atoms with E-state index in [4.69, 9.17) is 14.5 Å². The van der Waals surface area contributed by atoms with E-state index in [1.807, 2.05) is 24.8 Å². The highest BCUT2D eigenvalue weighted by atomic mass is 32.1. The van der Waals surface area contributed by atoms with Gasteiger partial charge in [-0.3, -0.25) is 4.79 Å². The number of hydrogen-bond donors (Lipinski definition) is 0. The van der Waals surface area contributed by atoms with Crippen LogP contribution >= 0.6 is 11.3 Å². The van der Waals surface area contributed by atoms with E-state index in [0.717, 1.165) is 72.1 Å². The smallest absolute Gasteiger partial charge is 0.290 e. The van der Waals surface area contributed by atoms with Crippen molar-refractivity contribution in [3.63, 3.8) is 0 Å². The molecule has 1 amide bonds. The number of aromatic nitrogens is 2. The molecule has 33 heavy (non-hydrogen) atoms. The number of carbonyl (C=O) groups is 1. The average Bonchev–Trinajstić information content (AvgIpc) is 3.56. The maximum atomic E-state index is 13.7. The van der Waals surface area contributed by atoms with Gasteiger partial charge in [0.15, 0.2) is 17.3 Å². The number of imidazole rings is 1. The summed E-state index contributed by atoms with van der Waals surface area (Å²) >= 11 is 1.65. The summed E-state index contributed by atoms with van der Waals surface area (Å²) in [6, 6.07) is 8.57. The molecule has 1 unspecified atom stereocenters.